The van der Waals surface area contributed by atoms with Crippen molar-refractivity contribution < 1.29 is 32.2 Å². The molecule has 84 valence electrons. The minimum absolute atomic E-state index is 0.501. The van der Waals surface area contributed by atoms with Gasteiger partial charge in [0.2, 0.25) is 0 Å². The van der Waals surface area contributed by atoms with Crippen LogP contribution >= 0.6 is 0 Å². The first kappa shape index (κ1) is 13.2. The molecule has 0 aliphatic rings. The van der Waals surface area contributed by atoms with Gasteiger partial charge in [-0.3, -0.25) is 4.79 Å². The summed E-state index contributed by atoms with van der Waals surface area (Å²) in [5, 5.41) is 8.21. The minimum atomic E-state index is -4.23. The van der Waals surface area contributed by atoms with Crippen molar-refractivity contribution in [3.05, 3.63) is 0 Å². The van der Waals surface area contributed by atoms with Gasteiger partial charge >= 0.3 is 18.3 Å². The van der Waals surface area contributed by atoms with E-state index in [0.717, 1.165) is 0 Å². The van der Waals surface area contributed by atoms with E-state index in [9.17, 15) is 22.4 Å². The van der Waals surface area contributed by atoms with E-state index in [0.29, 0.717) is 0 Å². The largest absolute Gasteiger partial charge is 0.481 e. The molecule has 3 nitrogen and oxygen atoms in total. The van der Waals surface area contributed by atoms with Crippen molar-refractivity contribution in [3.8, 4) is 0 Å². The molecule has 0 aliphatic carbocycles. The van der Waals surface area contributed by atoms with Gasteiger partial charge in [-0.1, -0.05) is 0 Å². The maximum Gasteiger partial charge on any atom is 0.330 e. The van der Waals surface area contributed by atoms with Crippen molar-refractivity contribution in [1.29, 1.82) is 0 Å². The van der Waals surface area contributed by atoms with Crippen LogP contribution < -0.4 is 0 Å². The lowest BCUT2D eigenvalue weighted by Crippen LogP contribution is -2.34. The van der Waals surface area contributed by atoms with Crippen LogP contribution in [0.5, 0.6) is 0 Å². The second-order valence-corrected chi connectivity index (χ2v) is 2.78. The third-order valence-corrected chi connectivity index (χ3v) is 1.34. The first-order chi connectivity index (χ1) is 6.25. The van der Waals surface area contributed by atoms with Crippen LogP contribution in [-0.2, 0) is 9.53 Å². The van der Waals surface area contributed by atoms with Crippen molar-refractivity contribution in [3.63, 3.8) is 0 Å². The van der Waals surface area contributed by atoms with E-state index in [2.05, 4.69) is 4.74 Å². The number of carbonyl (C=O) groups is 1. The average molecular weight is 218 g/mol. The summed E-state index contributed by atoms with van der Waals surface area (Å²) in [5.74, 6) is -5.47. The third kappa shape index (κ3) is 5.00. The number of hydrogen-bond acceptors (Lipinski definition) is 2. The summed E-state index contributed by atoms with van der Waals surface area (Å²) >= 11 is 0. The van der Waals surface area contributed by atoms with Crippen LogP contribution in [0.25, 0.3) is 0 Å². The highest BCUT2D eigenvalue weighted by molar-refractivity contribution is 5.67. The van der Waals surface area contributed by atoms with Gasteiger partial charge in [0.05, 0.1) is 12.5 Å². The predicted octanol–water partition coefficient (Wildman–Crippen LogP) is 1.77. The maximum atomic E-state index is 12.2. The first-order valence-electron chi connectivity index (χ1n) is 3.75. The number of halogens is 4. The summed E-state index contributed by atoms with van der Waals surface area (Å²) in [7, 11) is 0. The van der Waals surface area contributed by atoms with Crippen molar-refractivity contribution in [2.24, 2.45) is 0 Å². The lowest BCUT2D eigenvalue weighted by atomic mass is 10.3. The summed E-state index contributed by atoms with van der Waals surface area (Å²) in [4.78, 5) is 10.1. The zero-order valence-corrected chi connectivity index (χ0v) is 7.34. The number of carboxylic acids is 1. The Labute approximate surface area is 77.7 Å². The molecule has 0 fully saturated rings. The monoisotopic (exact) mass is 218 g/mol. The fourth-order valence-corrected chi connectivity index (χ4v) is 0.621. The Kier molecular flexibility index (Phi) is 4.82. The van der Waals surface area contributed by atoms with Gasteiger partial charge in [0, 0.05) is 0 Å². The number of rotatable bonds is 6. The van der Waals surface area contributed by atoms with E-state index in [1.807, 2.05) is 0 Å². The second-order valence-electron chi connectivity index (χ2n) is 2.78. The van der Waals surface area contributed by atoms with Gasteiger partial charge in [-0.25, -0.2) is 8.78 Å². The second kappa shape index (κ2) is 5.14. The van der Waals surface area contributed by atoms with Gasteiger partial charge in [0.15, 0.2) is 0 Å². The summed E-state index contributed by atoms with van der Waals surface area (Å²) in [6, 6.07) is 0. The molecule has 0 rings (SSSR count). The number of ether oxygens (including phenoxy) is 1. The summed E-state index contributed by atoms with van der Waals surface area (Å²) in [5.41, 5.74) is 0. The van der Waals surface area contributed by atoms with Gasteiger partial charge in [-0.15, -0.1) is 0 Å². The molecule has 0 saturated carbocycles. The zero-order chi connectivity index (χ0) is 11.4. The molecule has 0 aromatic heterocycles. The van der Waals surface area contributed by atoms with Crippen molar-refractivity contribution in [1.82, 2.24) is 0 Å². The summed E-state index contributed by atoms with van der Waals surface area (Å²) in [6.07, 6.45) is -5.32. The molecule has 1 atom stereocenters. The summed E-state index contributed by atoms with van der Waals surface area (Å²) in [6.45, 7) is -0.255. The number of aliphatic carboxylic acids is 1. The van der Waals surface area contributed by atoms with Crippen molar-refractivity contribution >= 4 is 5.97 Å². The molecule has 0 aliphatic heterocycles. The standard InChI is InChI=1S/C7H10F4O3/c1-4(2-5(12)13)14-3-7(10,11)6(8)9/h4,6H,2-3H2,1H3,(H,12,13)/t4-/m0/s1. The van der Waals surface area contributed by atoms with Crippen LogP contribution in [0.15, 0.2) is 0 Å². The molecule has 14 heavy (non-hydrogen) atoms. The Bertz CT molecular complexity index is 195. The molecule has 0 unspecified atom stereocenters. The van der Waals surface area contributed by atoms with Gasteiger partial charge in [0.1, 0.15) is 6.61 Å². The van der Waals surface area contributed by atoms with Gasteiger partial charge in [-0.2, -0.15) is 8.78 Å². The molecule has 0 bridgehead atoms. The molecule has 1 N–H and O–H groups in total. The lowest BCUT2D eigenvalue weighted by Gasteiger charge is -2.17. The molecule has 0 radical (unpaired) electrons. The molecule has 0 aromatic carbocycles. The Balaban J connectivity index is 3.87. The predicted molar refractivity (Wildman–Crippen MR) is 38.6 cm³/mol. The van der Waals surface area contributed by atoms with Crippen molar-refractivity contribution in [2.45, 2.75) is 31.8 Å². The quantitative estimate of drug-likeness (QED) is 0.691. The molecule has 0 spiro atoms. The highest BCUT2D eigenvalue weighted by Crippen LogP contribution is 2.23. The van der Waals surface area contributed by atoms with E-state index >= 15 is 0 Å². The van der Waals surface area contributed by atoms with Crippen LogP contribution in [0.3, 0.4) is 0 Å². The highest BCUT2D eigenvalue weighted by atomic mass is 19.3. The maximum absolute atomic E-state index is 12.2. The van der Waals surface area contributed by atoms with Crippen LogP contribution in [0.2, 0.25) is 0 Å². The smallest absolute Gasteiger partial charge is 0.330 e. The molecule has 0 aromatic rings. The van der Waals surface area contributed by atoms with Gasteiger partial charge < -0.3 is 9.84 Å². The Morgan fingerprint density at radius 2 is 2.00 bits per heavy atom. The first-order valence-corrected chi connectivity index (χ1v) is 3.75. The summed E-state index contributed by atoms with van der Waals surface area (Å²) < 4.78 is 51.9. The molecule has 0 heterocycles. The van der Waals surface area contributed by atoms with Crippen LogP contribution in [-0.4, -0.2) is 36.1 Å². The normalized spacial score (nSPS) is 14.4. The van der Waals surface area contributed by atoms with Gasteiger partial charge in [0.25, 0.3) is 0 Å². The Morgan fingerprint density at radius 1 is 1.50 bits per heavy atom. The minimum Gasteiger partial charge on any atom is -0.481 e. The van der Waals surface area contributed by atoms with Crippen LogP contribution in [0.1, 0.15) is 13.3 Å². The number of alkyl halides is 4. The number of hydrogen-bond donors (Lipinski definition) is 1. The van der Waals surface area contributed by atoms with E-state index in [-0.39, 0.29) is 0 Å². The van der Waals surface area contributed by atoms with Crippen molar-refractivity contribution in [2.75, 3.05) is 6.61 Å². The van der Waals surface area contributed by atoms with Crippen LogP contribution in [0.4, 0.5) is 17.6 Å². The molecular formula is C7H10F4O3. The highest BCUT2D eigenvalue weighted by Gasteiger charge is 2.41. The van der Waals surface area contributed by atoms with E-state index in [4.69, 9.17) is 5.11 Å². The topological polar surface area (TPSA) is 46.5 Å². The van der Waals surface area contributed by atoms with Gasteiger partial charge in [-0.05, 0) is 6.92 Å². The SMILES string of the molecule is C[C@@H](CC(=O)O)OCC(F)(F)C(F)F. The Hall–Kier alpha value is -0.850. The van der Waals surface area contributed by atoms with Crippen LogP contribution in [0, 0.1) is 0 Å². The fourth-order valence-electron chi connectivity index (χ4n) is 0.621. The fraction of sp³-hybridized carbons (Fsp3) is 0.857. The third-order valence-electron chi connectivity index (χ3n) is 1.34. The lowest BCUT2D eigenvalue weighted by molar-refractivity contribution is -0.177. The van der Waals surface area contributed by atoms with E-state index < -0.39 is 37.4 Å². The Morgan fingerprint density at radius 3 is 2.36 bits per heavy atom. The zero-order valence-electron chi connectivity index (χ0n) is 7.34. The van der Waals surface area contributed by atoms with E-state index in [1.54, 1.807) is 0 Å². The van der Waals surface area contributed by atoms with E-state index in [1.165, 1.54) is 6.92 Å². The molecule has 0 saturated heterocycles. The molecular weight excluding hydrogens is 208 g/mol. The number of carboxylic acid groups (broad SMARTS) is 1. The molecule has 7 heteroatoms. The average Bonchev–Trinajstić information content (AvgIpc) is 1.99. The molecule has 0 amide bonds.